The second-order valence-electron chi connectivity index (χ2n) is 5.30. The first-order chi connectivity index (χ1) is 11.2. The molecular weight excluding hydrogens is 358 g/mol. The lowest BCUT2D eigenvalue weighted by molar-refractivity contribution is 0.400. The molecule has 1 aromatic carbocycles. The number of thiazole rings is 1. The van der Waals surface area contributed by atoms with Gasteiger partial charge in [0.05, 0.1) is 5.56 Å². The minimum atomic E-state index is -4.02. The van der Waals surface area contributed by atoms with Crippen LogP contribution in [0.15, 0.2) is 26.9 Å². The largest absolute Gasteiger partial charge is 0.360 e. The van der Waals surface area contributed by atoms with Gasteiger partial charge in [-0.3, -0.25) is 0 Å². The van der Waals surface area contributed by atoms with Crippen molar-refractivity contribution in [1.82, 2.24) is 10.1 Å². The summed E-state index contributed by atoms with van der Waals surface area (Å²) in [6.45, 7) is 3.42. The minimum absolute atomic E-state index is 0.138. The predicted octanol–water partition coefficient (Wildman–Crippen LogP) is 3.76. The zero-order valence-electron chi connectivity index (χ0n) is 12.9. The van der Waals surface area contributed by atoms with Gasteiger partial charge in [-0.25, -0.2) is 22.2 Å². The van der Waals surface area contributed by atoms with Crippen molar-refractivity contribution in [2.75, 3.05) is 6.26 Å². The first-order valence-electron chi connectivity index (χ1n) is 6.76. The van der Waals surface area contributed by atoms with Gasteiger partial charge in [0, 0.05) is 17.3 Å². The van der Waals surface area contributed by atoms with Gasteiger partial charge in [0.15, 0.2) is 15.5 Å². The van der Waals surface area contributed by atoms with Gasteiger partial charge in [-0.2, -0.15) is 0 Å². The molecular formula is C15H12F2N2O3S2. The Balaban J connectivity index is 2.23. The minimum Gasteiger partial charge on any atom is -0.360 e. The van der Waals surface area contributed by atoms with Gasteiger partial charge in [0.1, 0.15) is 27.3 Å². The molecule has 0 radical (unpaired) electrons. The Morgan fingerprint density at radius 1 is 1.17 bits per heavy atom. The molecule has 0 saturated carbocycles. The van der Waals surface area contributed by atoms with E-state index in [0.717, 1.165) is 24.1 Å². The molecule has 5 nitrogen and oxygen atoms in total. The Hall–Kier alpha value is -2.13. The van der Waals surface area contributed by atoms with Crippen LogP contribution < -0.4 is 0 Å². The van der Waals surface area contributed by atoms with Crippen LogP contribution in [0.25, 0.3) is 21.8 Å². The number of halogens is 2. The summed E-state index contributed by atoms with van der Waals surface area (Å²) < 4.78 is 56.5. The van der Waals surface area contributed by atoms with Gasteiger partial charge < -0.3 is 4.52 Å². The molecule has 0 aliphatic rings. The monoisotopic (exact) mass is 370 g/mol. The Kier molecular flexibility index (Phi) is 4.00. The van der Waals surface area contributed by atoms with E-state index in [4.69, 9.17) is 4.52 Å². The highest BCUT2D eigenvalue weighted by molar-refractivity contribution is 7.90. The topological polar surface area (TPSA) is 73.1 Å². The molecule has 2 heterocycles. The summed E-state index contributed by atoms with van der Waals surface area (Å²) in [5.74, 6) is -1.97. The van der Waals surface area contributed by atoms with Crippen molar-refractivity contribution in [3.63, 3.8) is 0 Å². The van der Waals surface area contributed by atoms with Crippen LogP contribution >= 0.6 is 11.3 Å². The standard InChI is InChI=1S/C15H12F2N2O3S2/c1-7-6-23-15(18-7)13-12(8(2)22-19-13)9-4-10(16)14(11(17)5-9)24(3,20)21/h4-6H,1-3H3. The summed E-state index contributed by atoms with van der Waals surface area (Å²) in [6, 6.07) is 1.92. The normalized spacial score (nSPS) is 11.9. The van der Waals surface area contributed by atoms with Crippen molar-refractivity contribution in [2.45, 2.75) is 18.7 Å². The van der Waals surface area contributed by atoms with Crippen LogP contribution in [0.5, 0.6) is 0 Å². The third kappa shape index (κ3) is 2.84. The molecule has 0 atom stereocenters. The Bertz CT molecular complexity index is 1020. The fourth-order valence-electron chi connectivity index (χ4n) is 2.38. The number of nitrogens with zero attached hydrogens (tertiary/aromatic N) is 2. The van der Waals surface area contributed by atoms with Gasteiger partial charge in [0.2, 0.25) is 0 Å². The van der Waals surface area contributed by atoms with Crippen LogP contribution in [-0.4, -0.2) is 24.8 Å². The number of sulfone groups is 1. The first-order valence-corrected chi connectivity index (χ1v) is 9.54. The molecule has 24 heavy (non-hydrogen) atoms. The van der Waals surface area contributed by atoms with Crippen molar-refractivity contribution in [2.24, 2.45) is 0 Å². The molecule has 0 bridgehead atoms. The molecule has 126 valence electrons. The molecule has 0 aliphatic heterocycles. The van der Waals surface area contributed by atoms with Crippen molar-refractivity contribution in [3.05, 3.63) is 40.6 Å². The van der Waals surface area contributed by atoms with Crippen molar-refractivity contribution in [3.8, 4) is 21.8 Å². The fourth-order valence-corrected chi connectivity index (χ4v) is 3.99. The highest BCUT2D eigenvalue weighted by Gasteiger charge is 2.25. The summed E-state index contributed by atoms with van der Waals surface area (Å²) in [4.78, 5) is 3.34. The second-order valence-corrected chi connectivity index (χ2v) is 8.11. The lowest BCUT2D eigenvalue weighted by Crippen LogP contribution is -2.05. The summed E-state index contributed by atoms with van der Waals surface area (Å²) in [5, 5.41) is 6.28. The Morgan fingerprint density at radius 3 is 2.29 bits per heavy atom. The quantitative estimate of drug-likeness (QED) is 0.702. The van der Waals surface area contributed by atoms with Gasteiger partial charge in [-0.1, -0.05) is 5.16 Å². The average Bonchev–Trinajstić information content (AvgIpc) is 3.02. The van der Waals surface area contributed by atoms with Crippen molar-refractivity contribution < 1.29 is 21.7 Å². The molecule has 9 heteroatoms. The summed E-state index contributed by atoms with van der Waals surface area (Å²) in [7, 11) is -4.02. The van der Waals surface area contributed by atoms with Crippen molar-refractivity contribution >= 4 is 21.2 Å². The molecule has 0 N–H and O–H groups in total. The molecule has 0 amide bonds. The fraction of sp³-hybridized carbons (Fsp3) is 0.200. The predicted molar refractivity (Wildman–Crippen MR) is 85.5 cm³/mol. The van der Waals surface area contributed by atoms with Gasteiger partial charge >= 0.3 is 0 Å². The van der Waals surface area contributed by atoms with E-state index in [0.29, 0.717) is 22.0 Å². The molecule has 3 aromatic rings. The van der Waals surface area contributed by atoms with E-state index < -0.39 is 26.4 Å². The number of hydrogen-bond donors (Lipinski definition) is 0. The summed E-state index contributed by atoms with van der Waals surface area (Å²) in [6.07, 6.45) is 0.753. The van der Waals surface area contributed by atoms with Crippen LogP contribution in [-0.2, 0) is 9.84 Å². The van der Waals surface area contributed by atoms with Crippen LogP contribution in [0.3, 0.4) is 0 Å². The SMILES string of the molecule is Cc1csc(-c2noc(C)c2-c2cc(F)c(S(C)(=O)=O)c(F)c2)n1. The maximum Gasteiger partial charge on any atom is 0.181 e. The highest BCUT2D eigenvalue weighted by atomic mass is 32.2. The molecule has 0 fully saturated rings. The molecule has 2 aromatic heterocycles. The number of rotatable bonds is 3. The van der Waals surface area contributed by atoms with Crippen LogP contribution in [0.1, 0.15) is 11.5 Å². The molecule has 0 aliphatic carbocycles. The van der Waals surface area contributed by atoms with Crippen LogP contribution in [0, 0.1) is 25.5 Å². The van der Waals surface area contributed by atoms with Crippen LogP contribution in [0.2, 0.25) is 0 Å². The summed E-state index contributed by atoms with van der Waals surface area (Å²) >= 11 is 1.32. The lowest BCUT2D eigenvalue weighted by atomic mass is 10.0. The number of aromatic nitrogens is 2. The number of benzene rings is 1. The van der Waals surface area contributed by atoms with E-state index in [-0.39, 0.29) is 5.56 Å². The molecule has 0 unspecified atom stereocenters. The van der Waals surface area contributed by atoms with E-state index >= 15 is 0 Å². The molecule has 3 rings (SSSR count). The zero-order chi connectivity index (χ0) is 17.6. The highest BCUT2D eigenvalue weighted by Crippen LogP contribution is 2.37. The second kappa shape index (κ2) is 5.75. The summed E-state index contributed by atoms with van der Waals surface area (Å²) in [5.41, 5.74) is 1.66. The third-order valence-corrected chi connectivity index (χ3v) is 5.44. The zero-order valence-corrected chi connectivity index (χ0v) is 14.6. The smallest absolute Gasteiger partial charge is 0.181 e. The first kappa shape index (κ1) is 16.7. The molecule has 0 saturated heterocycles. The van der Waals surface area contributed by atoms with E-state index in [1.54, 1.807) is 6.92 Å². The number of aryl methyl sites for hydroxylation is 2. The van der Waals surface area contributed by atoms with E-state index in [1.165, 1.54) is 11.3 Å². The van der Waals surface area contributed by atoms with Crippen LogP contribution in [0.4, 0.5) is 8.78 Å². The van der Waals surface area contributed by atoms with Crippen molar-refractivity contribution in [1.29, 1.82) is 0 Å². The van der Waals surface area contributed by atoms with E-state index in [2.05, 4.69) is 10.1 Å². The maximum atomic E-state index is 14.2. The lowest BCUT2D eigenvalue weighted by Gasteiger charge is -2.07. The number of hydrogen-bond acceptors (Lipinski definition) is 6. The Labute approximate surface area is 140 Å². The molecule has 0 spiro atoms. The maximum absolute atomic E-state index is 14.2. The van der Waals surface area contributed by atoms with Gasteiger partial charge in [-0.15, -0.1) is 11.3 Å². The van der Waals surface area contributed by atoms with Gasteiger partial charge in [0.25, 0.3) is 0 Å². The Morgan fingerprint density at radius 2 is 1.79 bits per heavy atom. The van der Waals surface area contributed by atoms with E-state index in [9.17, 15) is 17.2 Å². The average molecular weight is 370 g/mol. The van der Waals surface area contributed by atoms with E-state index in [1.807, 2.05) is 12.3 Å². The van der Waals surface area contributed by atoms with Gasteiger partial charge in [-0.05, 0) is 31.5 Å². The third-order valence-electron chi connectivity index (χ3n) is 3.34.